The monoisotopic (exact) mass is 252 g/mol. The minimum absolute atomic E-state index is 0.589. The minimum Gasteiger partial charge on any atom is -0.476 e. The molecule has 2 aromatic heterocycles. The smallest absolute Gasteiger partial charge is 0.235 e. The number of thiazole rings is 1. The van der Waals surface area contributed by atoms with Crippen molar-refractivity contribution in [2.24, 2.45) is 7.05 Å². The number of nitrogens with zero attached hydrogens (tertiary/aromatic N) is 3. The fourth-order valence-electron chi connectivity index (χ4n) is 1.63. The van der Waals surface area contributed by atoms with E-state index in [0.29, 0.717) is 18.2 Å². The Morgan fingerprint density at radius 2 is 2.18 bits per heavy atom. The zero-order chi connectivity index (χ0) is 12.4. The molecule has 2 N–H and O–H groups in total. The van der Waals surface area contributed by atoms with Gasteiger partial charge in [-0.3, -0.25) is 0 Å². The first-order chi connectivity index (χ1) is 8.09. The molecule has 0 bridgehead atoms. The Morgan fingerprint density at radius 1 is 1.41 bits per heavy atom. The van der Waals surface area contributed by atoms with Crippen LogP contribution in [0.2, 0.25) is 0 Å². The summed E-state index contributed by atoms with van der Waals surface area (Å²) in [4.78, 5) is 5.45. The topological polar surface area (TPSA) is 66.0 Å². The van der Waals surface area contributed by atoms with Crippen LogP contribution in [0.4, 0.5) is 5.69 Å². The second-order valence-corrected chi connectivity index (χ2v) is 4.83. The molecule has 0 amide bonds. The predicted octanol–water partition coefficient (Wildman–Crippen LogP) is 1.70. The molecule has 0 aliphatic heterocycles. The summed E-state index contributed by atoms with van der Waals surface area (Å²) in [6.07, 6.45) is 0.847. The third-order valence-electron chi connectivity index (χ3n) is 2.63. The van der Waals surface area contributed by atoms with E-state index in [9.17, 15) is 0 Å². The van der Waals surface area contributed by atoms with E-state index in [4.69, 9.17) is 10.5 Å². The maximum atomic E-state index is 5.87. The van der Waals surface area contributed by atoms with Crippen LogP contribution in [-0.4, -0.2) is 21.4 Å². The van der Waals surface area contributed by atoms with Crippen LogP contribution in [-0.2, 0) is 13.5 Å². The first kappa shape index (κ1) is 11.9. The minimum atomic E-state index is 0.589. The summed E-state index contributed by atoms with van der Waals surface area (Å²) >= 11 is 1.65. The Morgan fingerprint density at radius 3 is 2.71 bits per heavy atom. The van der Waals surface area contributed by atoms with Crippen molar-refractivity contribution in [2.75, 3.05) is 12.3 Å². The van der Waals surface area contributed by atoms with Gasteiger partial charge >= 0.3 is 0 Å². The third-order valence-corrected chi connectivity index (χ3v) is 3.62. The fraction of sp³-hybridized carbons (Fsp3) is 0.455. The molecule has 17 heavy (non-hydrogen) atoms. The standard InChI is InChI=1S/C11H16N4OS/c1-7-9(17-6-13-7)4-5-16-11-10(12)8(2)14-15(11)3/h6H,4-5,12H2,1-3H3. The van der Waals surface area contributed by atoms with Crippen LogP contribution >= 0.6 is 11.3 Å². The van der Waals surface area contributed by atoms with Gasteiger partial charge in [-0.2, -0.15) is 5.10 Å². The predicted molar refractivity (Wildman–Crippen MR) is 68.4 cm³/mol. The SMILES string of the molecule is Cc1ncsc1CCOc1c(N)c(C)nn1C. The molecule has 0 atom stereocenters. The molecule has 0 aliphatic rings. The molecule has 0 aliphatic carbocycles. The van der Waals surface area contributed by atoms with Crippen molar-refractivity contribution in [1.29, 1.82) is 0 Å². The highest BCUT2D eigenvalue weighted by Gasteiger charge is 2.11. The van der Waals surface area contributed by atoms with Crippen LogP contribution in [0.5, 0.6) is 5.88 Å². The van der Waals surface area contributed by atoms with Crippen LogP contribution in [0, 0.1) is 13.8 Å². The number of aryl methyl sites for hydroxylation is 3. The van der Waals surface area contributed by atoms with Gasteiger partial charge in [0.2, 0.25) is 5.88 Å². The molecule has 6 heteroatoms. The van der Waals surface area contributed by atoms with E-state index < -0.39 is 0 Å². The molecular formula is C11H16N4OS. The van der Waals surface area contributed by atoms with Crippen LogP contribution < -0.4 is 10.5 Å². The first-order valence-electron chi connectivity index (χ1n) is 5.40. The lowest BCUT2D eigenvalue weighted by Crippen LogP contribution is -2.06. The van der Waals surface area contributed by atoms with E-state index in [1.807, 2.05) is 26.4 Å². The van der Waals surface area contributed by atoms with E-state index in [2.05, 4.69) is 10.1 Å². The normalized spacial score (nSPS) is 10.8. The number of ether oxygens (including phenoxy) is 1. The molecule has 5 nitrogen and oxygen atoms in total. The van der Waals surface area contributed by atoms with Gasteiger partial charge in [0.15, 0.2) is 0 Å². The van der Waals surface area contributed by atoms with Crippen LogP contribution in [0.3, 0.4) is 0 Å². The van der Waals surface area contributed by atoms with Crippen LogP contribution in [0.25, 0.3) is 0 Å². The molecule has 0 saturated heterocycles. The lowest BCUT2D eigenvalue weighted by Gasteiger charge is -2.06. The lowest BCUT2D eigenvalue weighted by atomic mass is 10.3. The second kappa shape index (κ2) is 4.75. The van der Waals surface area contributed by atoms with E-state index in [1.165, 1.54) is 4.88 Å². The summed E-state index contributed by atoms with van der Waals surface area (Å²) in [7, 11) is 1.83. The van der Waals surface area contributed by atoms with Gasteiger partial charge in [-0.15, -0.1) is 11.3 Å². The maximum Gasteiger partial charge on any atom is 0.235 e. The van der Waals surface area contributed by atoms with Crippen LogP contribution in [0.1, 0.15) is 16.3 Å². The van der Waals surface area contributed by atoms with Gasteiger partial charge in [0, 0.05) is 18.3 Å². The molecule has 2 rings (SSSR count). The van der Waals surface area contributed by atoms with Gasteiger partial charge in [-0.25, -0.2) is 9.67 Å². The van der Waals surface area contributed by atoms with E-state index in [1.54, 1.807) is 16.0 Å². The van der Waals surface area contributed by atoms with Crippen molar-refractivity contribution >= 4 is 17.0 Å². The van der Waals surface area contributed by atoms with Gasteiger partial charge in [-0.05, 0) is 13.8 Å². The number of nitrogen functional groups attached to an aromatic ring is 1. The number of hydrogen-bond acceptors (Lipinski definition) is 5. The lowest BCUT2D eigenvalue weighted by molar-refractivity contribution is 0.296. The van der Waals surface area contributed by atoms with Gasteiger partial charge in [0.1, 0.15) is 5.69 Å². The van der Waals surface area contributed by atoms with Crippen molar-refractivity contribution in [3.05, 3.63) is 21.8 Å². The van der Waals surface area contributed by atoms with Crippen molar-refractivity contribution in [2.45, 2.75) is 20.3 Å². The molecule has 2 heterocycles. The highest BCUT2D eigenvalue weighted by molar-refractivity contribution is 7.09. The quantitative estimate of drug-likeness (QED) is 0.899. The molecule has 0 unspecified atom stereocenters. The Hall–Kier alpha value is -1.56. The average molecular weight is 252 g/mol. The van der Waals surface area contributed by atoms with Gasteiger partial charge in [-0.1, -0.05) is 0 Å². The number of anilines is 1. The number of aromatic nitrogens is 3. The zero-order valence-electron chi connectivity index (χ0n) is 10.2. The van der Waals surface area contributed by atoms with E-state index in [-0.39, 0.29) is 0 Å². The van der Waals surface area contributed by atoms with E-state index >= 15 is 0 Å². The third kappa shape index (κ3) is 2.41. The Kier molecular flexibility index (Phi) is 3.33. The van der Waals surface area contributed by atoms with Crippen molar-refractivity contribution in [1.82, 2.24) is 14.8 Å². The molecule has 0 fully saturated rings. The average Bonchev–Trinajstić information content (AvgIpc) is 2.78. The van der Waals surface area contributed by atoms with Gasteiger partial charge in [0.05, 0.1) is 23.5 Å². The Bertz CT molecular complexity index is 518. The summed E-state index contributed by atoms with van der Waals surface area (Å²) in [5.74, 6) is 0.643. The summed E-state index contributed by atoms with van der Waals surface area (Å²) < 4.78 is 7.34. The van der Waals surface area contributed by atoms with Crippen molar-refractivity contribution in [3.63, 3.8) is 0 Å². The summed E-state index contributed by atoms with van der Waals surface area (Å²) in [5.41, 5.74) is 10.2. The van der Waals surface area contributed by atoms with Crippen molar-refractivity contribution < 1.29 is 4.74 Å². The largest absolute Gasteiger partial charge is 0.476 e. The van der Waals surface area contributed by atoms with Crippen molar-refractivity contribution in [3.8, 4) is 5.88 Å². The fourth-order valence-corrected chi connectivity index (χ4v) is 2.39. The van der Waals surface area contributed by atoms with Gasteiger partial charge in [0.25, 0.3) is 0 Å². The summed E-state index contributed by atoms with van der Waals surface area (Å²) in [5, 5.41) is 4.20. The van der Waals surface area contributed by atoms with E-state index in [0.717, 1.165) is 17.8 Å². The molecule has 92 valence electrons. The molecule has 0 spiro atoms. The molecule has 0 aromatic carbocycles. The summed E-state index contributed by atoms with van der Waals surface area (Å²) in [6.45, 7) is 4.47. The zero-order valence-corrected chi connectivity index (χ0v) is 11.0. The highest BCUT2D eigenvalue weighted by Crippen LogP contribution is 2.24. The number of nitrogens with two attached hydrogens (primary N) is 1. The highest BCUT2D eigenvalue weighted by atomic mass is 32.1. The maximum absolute atomic E-state index is 5.87. The molecular weight excluding hydrogens is 236 g/mol. The number of hydrogen-bond donors (Lipinski definition) is 1. The first-order valence-corrected chi connectivity index (χ1v) is 6.28. The Balaban J connectivity index is 1.97. The molecule has 0 saturated carbocycles. The molecule has 2 aromatic rings. The Labute approximate surface area is 104 Å². The summed E-state index contributed by atoms with van der Waals surface area (Å²) in [6, 6.07) is 0. The van der Waals surface area contributed by atoms with Crippen LogP contribution in [0.15, 0.2) is 5.51 Å². The second-order valence-electron chi connectivity index (χ2n) is 3.89. The van der Waals surface area contributed by atoms with Gasteiger partial charge < -0.3 is 10.5 Å². The number of rotatable bonds is 4. The molecule has 0 radical (unpaired) electrons.